The van der Waals surface area contributed by atoms with Gasteiger partial charge in [-0.2, -0.15) is 5.10 Å². The van der Waals surface area contributed by atoms with E-state index in [9.17, 15) is 13.6 Å². The quantitative estimate of drug-likeness (QED) is 0.878. The smallest absolute Gasteiger partial charge is 0.226 e. The molecule has 0 aliphatic carbocycles. The van der Waals surface area contributed by atoms with Crippen molar-refractivity contribution in [3.8, 4) is 0 Å². The Hall–Kier alpha value is -2.24. The molecule has 2 heterocycles. The molecule has 21 heavy (non-hydrogen) atoms. The van der Waals surface area contributed by atoms with E-state index in [0.717, 1.165) is 5.56 Å². The van der Waals surface area contributed by atoms with Crippen LogP contribution in [0.5, 0.6) is 0 Å². The Morgan fingerprint density at radius 2 is 2.00 bits per heavy atom. The van der Waals surface area contributed by atoms with E-state index in [0.29, 0.717) is 11.5 Å². The van der Waals surface area contributed by atoms with Crippen molar-refractivity contribution in [2.45, 2.75) is 26.2 Å². The van der Waals surface area contributed by atoms with Gasteiger partial charge in [-0.3, -0.25) is 9.48 Å². The molecule has 1 aliphatic rings. The Balaban J connectivity index is 2.21. The lowest BCUT2D eigenvalue weighted by atomic mass is 9.85. The zero-order valence-electron chi connectivity index (χ0n) is 12.0. The van der Waals surface area contributed by atoms with Crippen LogP contribution >= 0.6 is 0 Å². The number of amides is 1. The number of benzene rings is 1. The first kappa shape index (κ1) is 13.7. The molecule has 1 aliphatic heterocycles. The number of carbonyl (C=O) groups excluding carboxylic acids is 1. The Morgan fingerprint density at radius 1 is 1.29 bits per heavy atom. The fourth-order valence-corrected chi connectivity index (χ4v) is 2.91. The molecule has 0 saturated carbocycles. The number of fused-ring (bicyclic) bond motifs is 1. The minimum Gasteiger partial charge on any atom is -0.311 e. The second kappa shape index (κ2) is 4.65. The van der Waals surface area contributed by atoms with Crippen molar-refractivity contribution in [3.63, 3.8) is 0 Å². The summed E-state index contributed by atoms with van der Waals surface area (Å²) in [7, 11) is 1.71. The normalized spacial score (nSPS) is 17.6. The number of aryl methyl sites for hydroxylation is 3. The number of nitrogens with zero attached hydrogens (tertiary/aromatic N) is 2. The number of hydrogen-bond donors (Lipinski definition) is 1. The molecular formula is C15H15F2N3O. The highest BCUT2D eigenvalue weighted by atomic mass is 19.2. The molecule has 1 aromatic heterocycles. The predicted molar refractivity (Wildman–Crippen MR) is 74.1 cm³/mol. The fraction of sp³-hybridized carbons (Fsp3) is 0.333. The molecule has 4 nitrogen and oxygen atoms in total. The van der Waals surface area contributed by atoms with E-state index in [4.69, 9.17) is 0 Å². The highest BCUT2D eigenvalue weighted by Crippen LogP contribution is 2.40. The van der Waals surface area contributed by atoms with Crippen molar-refractivity contribution in [1.82, 2.24) is 9.78 Å². The standard InChI is InChI=1S/C15H15F2N3O/c1-7-4-5-9(14(17)13(7)16)10-6-11(21)18-15-12(10)8(2)19-20(15)3/h4-5,10H,6H2,1-3H3,(H,18,21). The first-order valence-corrected chi connectivity index (χ1v) is 6.68. The van der Waals surface area contributed by atoms with Gasteiger partial charge >= 0.3 is 0 Å². The molecule has 2 aromatic rings. The van der Waals surface area contributed by atoms with Crippen LogP contribution in [0.25, 0.3) is 0 Å². The van der Waals surface area contributed by atoms with Crippen LogP contribution in [0.3, 0.4) is 0 Å². The van der Waals surface area contributed by atoms with Gasteiger partial charge in [-0.05, 0) is 25.0 Å². The minimum atomic E-state index is -0.885. The zero-order valence-corrected chi connectivity index (χ0v) is 12.0. The average molecular weight is 291 g/mol. The number of halogens is 2. The van der Waals surface area contributed by atoms with Gasteiger partial charge in [-0.15, -0.1) is 0 Å². The van der Waals surface area contributed by atoms with Crippen LogP contribution in [0, 0.1) is 25.5 Å². The Bertz CT molecular complexity index is 752. The maximum atomic E-state index is 14.3. The number of anilines is 1. The lowest BCUT2D eigenvalue weighted by Crippen LogP contribution is -2.25. The summed E-state index contributed by atoms with van der Waals surface area (Å²) in [5, 5.41) is 7.00. The van der Waals surface area contributed by atoms with Crippen LogP contribution in [0.4, 0.5) is 14.6 Å². The van der Waals surface area contributed by atoms with Crippen molar-refractivity contribution in [2.75, 3.05) is 5.32 Å². The number of carbonyl (C=O) groups is 1. The molecule has 1 aromatic carbocycles. The summed E-state index contributed by atoms with van der Waals surface area (Å²) in [5.41, 5.74) is 1.90. The molecule has 1 amide bonds. The van der Waals surface area contributed by atoms with Crippen LogP contribution in [0.1, 0.15) is 34.7 Å². The summed E-state index contributed by atoms with van der Waals surface area (Å²) >= 11 is 0. The van der Waals surface area contributed by atoms with Gasteiger partial charge in [0.1, 0.15) is 5.82 Å². The molecular weight excluding hydrogens is 276 g/mol. The van der Waals surface area contributed by atoms with E-state index < -0.39 is 17.6 Å². The molecule has 0 bridgehead atoms. The molecule has 0 saturated heterocycles. The van der Waals surface area contributed by atoms with Gasteiger partial charge in [-0.25, -0.2) is 8.78 Å². The third-order valence-corrected chi connectivity index (χ3v) is 3.94. The SMILES string of the molecule is Cc1ccc(C2CC(=O)Nc3c2c(C)nn3C)c(F)c1F. The van der Waals surface area contributed by atoms with E-state index in [2.05, 4.69) is 10.4 Å². The van der Waals surface area contributed by atoms with Crippen LogP contribution in [0.15, 0.2) is 12.1 Å². The Morgan fingerprint density at radius 3 is 2.71 bits per heavy atom. The number of hydrogen-bond acceptors (Lipinski definition) is 2. The number of aromatic nitrogens is 2. The van der Waals surface area contributed by atoms with Gasteiger partial charge in [0.2, 0.25) is 5.91 Å². The van der Waals surface area contributed by atoms with E-state index in [1.807, 2.05) is 0 Å². The van der Waals surface area contributed by atoms with Crippen molar-refractivity contribution < 1.29 is 13.6 Å². The second-order valence-corrected chi connectivity index (χ2v) is 5.38. The fourth-order valence-electron chi connectivity index (χ4n) is 2.91. The van der Waals surface area contributed by atoms with Crippen LogP contribution < -0.4 is 5.32 Å². The first-order chi connectivity index (χ1) is 9.90. The van der Waals surface area contributed by atoms with E-state index in [1.165, 1.54) is 13.0 Å². The Kier molecular flexibility index (Phi) is 3.04. The zero-order chi connectivity index (χ0) is 15.3. The molecule has 1 unspecified atom stereocenters. The highest BCUT2D eigenvalue weighted by Gasteiger charge is 2.33. The van der Waals surface area contributed by atoms with Crippen molar-refractivity contribution in [3.05, 3.63) is 46.2 Å². The largest absolute Gasteiger partial charge is 0.311 e. The Labute approximate surface area is 120 Å². The third-order valence-electron chi connectivity index (χ3n) is 3.94. The van der Waals surface area contributed by atoms with Crippen molar-refractivity contribution in [2.24, 2.45) is 7.05 Å². The number of rotatable bonds is 1. The van der Waals surface area contributed by atoms with Crippen LogP contribution in [0.2, 0.25) is 0 Å². The minimum absolute atomic E-state index is 0.0823. The summed E-state index contributed by atoms with van der Waals surface area (Å²) in [5.74, 6) is -1.94. The summed E-state index contributed by atoms with van der Waals surface area (Å²) in [6.07, 6.45) is 0.0823. The highest BCUT2D eigenvalue weighted by molar-refractivity contribution is 5.94. The van der Waals surface area contributed by atoms with Gasteiger partial charge < -0.3 is 5.32 Å². The number of nitrogens with one attached hydrogen (secondary N) is 1. The maximum absolute atomic E-state index is 14.3. The van der Waals surface area contributed by atoms with Gasteiger partial charge in [0.05, 0.1) is 5.69 Å². The van der Waals surface area contributed by atoms with E-state index in [-0.39, 0.29) is 23.5 Å². The summed E-state index contributed by atoms with van der Waals surface area (Å²) in [6, 6.07) is 3.08. The topological polar surface area (TPSA) is 46.9 Å². The molecule has 3 rings (SSSR count). The van der Waals surface area contributed by atoms with Crippen LogP contribution in [-0.2, 0) is 11.8 Å². The maximum Gasteiger partial charge on any atom is 0.226 e. The monoisotopic (exact) mass is 291 g/mol. The van der Waals surface area contributed by atoms with Gasteiger partial charge in [0, 0.05) is 24.9 Å². The molecule has 1 N–H and O–H groups in total. The molecule has 110 valence electrons. The molecule has 0 fully saturated rings. The van der Waals surface area contributed by atoms with E-state index >= 15 is 0 Å². The average Bonchev–Trinajstić information content (AvgIpc) is 2.71. The lowest BCUT2D eigenvalue weighted by Gasteiger charge is -2.24. The lowest BCUT2D eigenvalue weighted by molar-refractivity contribution is -0.116. The van der Waals surface area contributed by atoms with Gasteiger partial charge in [0.15, 0.2) is 11.6 Å². The van der Waals surface area contributed by atoms with E-state index in [1.54, 1.807) is 24.7 Å². The predicted octanol–water partition coefficient (Wildman–Crippen LogP) is 2.79. The van der Waals surface area contributed by atoms with Crippen molar-refractivity contribution in [1.29, 1.82) is 0 Å². The van der Waals surface area contributed by atoms with Crippen LogP contribution in [-0.4, -0.2) is 15.7 Å². The molecule has 1 atom stereocenters. The summed E-state index contributed by atoms with van der Waals surface area (Å²) < 4.78 is 29.7. The van der Waals surface area contributed by atoms with Crippen molar-refractivity contribution >= 4 is 11.7 Å². The van der Waals surface area contributed by atoms with Gasteiger partial charge in [0.25, 0.3) is 0 Å². The summed E-state index contributed by atoms with van der Waals surface area (Å²) in [6.45, 7) is 3.31. The molecule has 6 heteroatoms. The molecule has 0 radical (unpaired) electrons. The second-order valence-electron chi connectivity index (χ2n) is 5.38. The third kappa shape index (κ3) is 2.02. The molecule has 0 spiro atoms. The first-order valence-electron chi connectivity index (χ1n) is 6.68. The van der Waals surface area contributed by atoms with Gasteiger partial charge in [-0.1, -0.05) is 12.1 Å². The summed E-state index contributed by atoms with van der Waals surface area (Å²) in [4.78, 5) is 11.9.